The fourth-order valence-electron chi connectivity index (χ4n) is 1.91. The van der Waals surface area contributed by atoms with Crippen molar-refractivity contribution >= 4 is 22.9 Å². The molecule has 0 radical (unpaired) electrons. The lowest BCUT2D eigenvalue weighted by Crippen LogP contribution is -2.06. The van der Waals surface area contributed by atoms with E-state index in [0.29, 0.717) is 5.95 Å². The van der Waals surface area contributed by atoms with Crippen molar-refractivity contribution in [3.8, 4) is 0 Å². The normalized spacial score (nSPS) is 11.1. The minimum atomic E-state index is 0.669. The first kappa shape index (κ1) is 12.1. The number of hydrogen-bond donors (Lipinski definition) is 1. The van der Waals surface area contributed by atoms with Crippen LogP contribution in [-0.4, -0.2) is 26.1 Å². The topological polar surface area (TPSA) is 55.1 Å². The van der Waals surface area contributed by atoms with E-state index in [1.165, 1.54) is 0 Å². The van der Waals surface area contributed by atoms with Crippen molar-refractivity contribution in [2.24, 2.45) is 0 Å². The van der Waals surface area contributed by atoms with Crippen LogP contribution in [0.1, 0.15) is 16.4 Å². The van der Waals surface area contributed by atoms with Gasteiger partial charge in [0, 0.05) is 29.7 Å². The molecule has 19 heavy (non-hydrogen) atoms. The smallest absolute Gasteiger partial charge is 0.243 e. The van der Waals surface area contributed by atoms with Gasteiger partial charge in [0.2, 0.25) is 5.95 Å². The van der Waals surface area contributed by atoms with Crippen molar-refractivity contribution in [2.75, 3.05) is 11.9 Å². The van der Waals surface area contributed by atoms with Crippen molar-refractivity contribution in [2.45, 2.75) is 20.3 Å². The Bertz CT molecular complexity index is 700. The Morgan fingerprint density at radius 1 is 1.26 bits per heavy atom. The average Bonchev–Trinajstić information content (AvgIpc) is 2.97. The maximum atomic E-state index is 4.43. The van der Waals surface area contributed by atoms with E-state index in [4.69, 9.17) is 0 Å². The van der Waals surface area contributed by atoms with Gasteiger partial charge in [-0.2, -0.15) is 4.98 Å². The average molecular weight is 273 g/mol. The Morgan fingerprint density at radius 3 is 2.89 bits per heavy atom. The number of pyridine rings is 1. The minimum absolute atomic E-state index is 0.669. The molecular weight excluding hydrogens is 258 g/mol. The van der Waals surface area contributed by atoms with Gasteiger partial charge in [-0.15, -0.1) is 16.4 Å². The number of anilines is 1. The number of aryl methyl sites for hydroxylation is 2. The van der Waals surface area contributed by atoms with Gasteiger partial charge in [-0.25, -0.2) is 9.50 Å². The molecule has 3 rings (SSSR count). The number of hydrogen-bond acceptors (Lipinski definition) is 5. The molecule has 0 saturated heterocycles. The van der Waals surface area contributed by atoms with Crippen LogP contribution in [0.25, 0.3) is 5.65 Å². The number of thiazole rings is 1. The van der Waals surface area contributed by atoms with Gasteiger partial charge in [0.1, 0.15) is 0 Å². The first-order chi connectivity index (χ1) is 9.22. The molecule has 5 nitrogen and oxygen atoms in total. The third-order valence-electron chi connectivity index (χ3n) is 2.84. The van der Waals surface area contributed by atoms with E-state index < -0.39 is 0 Å². The lowest BCUT2D eigenvalue weighted by atomic mass is 10.4. The van der Waals surface area contributed by atoms with Crippen LogP contribution >= 0.6 is 11.3 Å². The molecule has 0 spiro atoms. The number of aromatic nitrogens is 4. The van der Waals surface area contributed by atoms with Crippen molar-refractivity contribution in [1.29, 1.82) is 0 Å². The Balaban J connectivity index is 1.67. The highest BCUT2D eigenvalue weighted by molar-refractivity contribution is 7.09. The van der Waals surface area contributed by atoms with Crippen LogP contribution in [0.3, 0.4) is 0 Å². The molecule has 6 heteroatoms. The van der Waals surface area contributed by atoms with Crippen LogP contribution in [0.5, 0.6) is 0 Å². The quantitative estimate of drug-likeness (QED) is 0.793. The third kappa shape index (κ3) is 2.58. The molecular formula is C13H15N5S. The predicted octanol–water partition coefficient (Wildman–Crippen LogP) is 2.46. The van der Waals surface area contributed by atoms with Gasteiger partial charge in [-0.05, 0) is 26.0 Å². The maximum absolute atomic E-state index is 4.43. The molecule has 1 N–H and O–H groups in total. The molecule has 0 amide bonds. The summed E-state index contributed by atoms with van der Waals surface area (Å²) in [5.41, 5.74) is 3.03. The Kier molecular flexibility index (Phi) is 3.16. The zero-order valence-electron chi connectivity index (χ0n) is 10.9. The highest BCUT2D eigenvalue weighted by Crippen LogP contribution is 2.10. The molecule has 98 valence electrons. The summed E-state index contributed by atoms with van der Waals surface area (Å²) in [6, 6.07) is 5.96. The second-order valence-electron chi connectivity index (χ2n) is 4.43. The minimum Gasteiger partial charge on any atom is -0.352 e. The van der Waals surface area contributed by atoms with Crippen LogP contribution in [0.4, 0.5) is 5.95 Å². The first-order valence-corrected chi connectivity index (χ1v) is 7.07. The number of rotatable bonds is 4. The Labute approximate surface area is 115 Å². The van der Waals surface area contributed by atoms with Crippen molar-refractivity contribution in [1.82, 2.24) is 19.6 Å². The molecule has 3 aromatic rings. The summed E-state index contributed by atoms with van der Waals surface area (Å²) in [7, 11) is 0. The molecule has 0 fully saturated rings. The molecule has 3 aromatic heterocycles. The number of fused-ring (bicyclic) bond motifs is 1. The van der Waals surface area contributed by atoms with Crippen molar-refractivity contribution in [3.63, 3.8) is 0 Å². The van der Waals surface area contributed by atoms with Crippen LogP contribution in [0.15, 0.2) is 23.6 Å². The van der Waals surface area contributed by atoms with Gasteiger partial charge in [0.15, 0.2) is 5.65 Å². The lowest BCUT2D eigenvalue weighted by Gasteiger charge is -1.98. The highest BCUT2D eigenvalue weighted by Gasteiger charge is 2.04. The molecule has 0 aliphatic heterocycles. The third-order valence-corrected chi connectivity index (χ3v) is 3.86. The number of nitrogens with zero attached hydrogens (tertiary/aromatic N) is 4. The molecule has 0 saturated carbocycles. The zero-order chi connectivity index (χ0) is 13.2. The summed E-state index contributed by atoms with van der Waals surface area (Å²) in [6.45, 7) is 4.83. The van der Waals surface area contributed by atoms with E-state index >= 15 is 0 Å². The second kappa shape index (κ2) is 4.97. The summed E-state index contributed by atoms with van der Waals surface area (Å²) in [5, 5.41) is 10.9. The lowest BCUT2D eigenvalue weighted by molar-refractivity contribution is 0.901. The van der Waals surface area contributed by atoms with Crippen molar-refractivity contribution in [3.05, 3.63) is 40.0 Å². The van der Waals surface area contributed by atoms with Crippen molar-refractivity contribution < 1.29 is 0 Å². The monoisotopic (exact) mass is 273 g/mol. The molecule has 0 aliphatic rings. The summed E-state index contributed by atoms with van der Waals surface area (Å²) in [6.07, 6.45) is 0.896. The summed E-state index contributed by atoms with van der Waals surface area (Å²) >= 11 is 1.70. The standard InChI is InChI=1S/C13H15N5S/c1-9-8-19-12(15-9)6-7-14-13-16-11-5-3-4-10(2)18(11)17-13/h3-5,8H,6-7H2,1-2H3,(H,14,17). The summed E-state index contributed by atoms with van der Waals surface area (Å²) in [4.78, 5) is 8.86. The van der Waals surface area contributed by atoms with Gasteiger partial charge in [-0.3, -0.25) is 0 Å². The van der Waals surface area contributed by atoms with Crippen LogP contribution in [0, 0.1) is 13.8 Å². The molecule has 0 aromatic carbocycles. The van der Waals surface area contributed by atoms with Gasteiger partial charge < -0.3 is 5.32 Å². The molecule has 0 bridgehead atoms. The van der Waals surface area contributed by atoms with E-state index in [-0.39, 0.29) is 0 Å². The fourth-order valence-corrected chi connectivity index (χ4v) is 2.69. The Hall–Kier alpha value is -1.95. The van der Waals surface area contributed by atoms with Crippen LogP contribution in [-0.2, 0) is 6.42 Å². The van der Waals surface area contributed by atoms with E-state index in [1.54, 1.807) is 11.3 Å². The van der Waals surface area contributed by atoms with Gasteiger partial charge in [-0.1, -0.05) is 6.07 Å². The SMILES string of the molecule is Cc1csc(CCNc2nc3cccc(C)n3n2)n1. The maximum Gasteiger partial charge on any atom is 0.243 e. The molecule has 0 unspecified atom stereocenters. The highest BCUT2D eigenvalue weighted by atomic mass is 32.1. The van der Waals surface area contributed by atoms with E-state index in [2.05, 4.69) is 25.8 Å². The summed E-state index contributed by atoms with van der Waals surface area (Å²) < 4.78 is 1.84. The second-order valence-corrected chi connectivity index (χ2v) is 5.37. The van der Waals surface area contributed by atoms with Gasteiger partial charge in [0.05, 0.1) is 5.01 Å². The molecule has 3 heterocycles. The number of nitrogens with one attached hydrogen (secondary N) is 1. The first-order valence-electron chi connectivity index (χ1n) is 6.19. The van der Waals surface area contributed by atoms with E-state index in [1.807, 2.05) is 36.6 Å². The largest absolute Gasteiger partial charge is 0.352 e. The molecule has 0 atom stereocenters. The molecule has 0 aliphatic carbocycles. The van der Waals surface area contributed by atoms with E-state index in [0.717, 1.165) is 35.0 Å². The Morgan fingerprint density at radius 2 is 2.16 bits per heavy atom. The van der Waals surface area contributed by atoms with Crippen LogP contribution < -0.4 is 5.32 Å². The van der Waals surface area contributed by atoms with Gasteiger partial charge >= 0.3 is 0 Å². The van der Waals surface area contributed by atoms with E-state index in [9.17, 15) is 0 Å². The van der Waals surface area contributed by atoms with Gasteiger partial charge in [0.25, 0.3) is 0 Å². The predicted molar refractivity (Wildman–Crippen MR) is 76.8 cm³/mol. The van der Waals surface area contributed by atoms with Crippen LogP contribution in [0.2, 0.25) is 0 Å². The zero-order valence-corrected chi connectivity index (χ0v) is 11.7. The fraction of sp³-hybridized carbons (Fsp3) is 0.308. The summed E-state index contributed by atoms with van der Waals surface area (Å²) in [5.74, 6) is 0.669.